The van der Waals surface area contributed by atoms with Crippen LogP contribution in [0, 0.1) is 11.3 Å². The molecule has 1 fully saturated rings. The first-order valence-corrected chi connectivity index (χ1v) is 4.77. The minimum absolute atomic E-state index is 0. The summed E-state index contributed by atoms with van der Waals surface area (Å²) in [6, 6.07) is 1.99. The molecule has 2 heterocycles. The van der Waals surface area contributed by atoms with Gasteiger partial charge in [-0.3, -0.25) is 4.79 Å². The van der Waals surface area contributed by atoms with E-state index in [4.69, 9.17) is 10.00 Å². The fourth-order valence-corrected chi connectivity index (χ4v) is 1.57. The Labute approximate surface area is 88.7 Å². The average Bonchev–Trinajstić information content (AvgIpc) is 2.77. The van der Waals surface area contributed by atoms with Crippen LogP contribution in [0.1, 0.15) is 17.3 Å². The number of morpholine rings is 1. The lowest BCUT2D eigenvalue weighted by Crippen LogP contribution is -2.40. The number of amides is 1. The molecule has 0 spiro atoms. The number of nitrogens with zero attached hydrogens (tertiary/aromatic N) is 2. The lowest BCUT2D eigenvalue weighted by molar-refractivity contribution is 0.0303. The largest absolute Gasteiger partial charge is 0.378 e. The number of ether oxygens (including phenoxy) is 1. The monoisotopic (exact) mass is 207 g/mol. The first-order chi connectivity index (χ1) is 7.33. The van der Waals surface area contributed by atoms with E-state index in [2.05, 4.69) is 4.98 Å². The summed E-state index contributed by atoms with van der Waals surface area (Å²) in [6.07, 6.45) is 3.10. The number of hydrogen-bond acceptors (Lipinski definition) is 3. The molecule has 0 bridgehead atoms. The molecule has 1 aromatic rings. The van der Waals surface area contributed by atoms with E-state index in [0.29, 0.717) is 37.4 Å². The molecule has 5 heteroatoms. The number of aromatic nitrogens is 1. The molecule has 5 nitrogen and oxygen atoms in total. The van der Waals surface area contributed by atoms with E-state index in [9.17, 15) is 4.79 Å². The molecule has 1 aliphatic rings. The average molecular weight is 207 g/mol. The summed E-state index contributed by atoms with van der Waals surface area (Å²) in [6.45, 7) is 2.32. The van der Waals surface area contributed by atoms with Crippen molar-refractivity contribution in [3.63, 3.8) is 0 Å². The molecular formula is C10H13N3O2. The third kappa shape index (κ3) is 1.85. The predicted octanol–water partition coefficient (Wildman–Crippen LogP) is 0.605. The standard InChI is InChI=1S/C10H11N3O2.H2/c11-5-8-6-12-7-9(8)10(14)13-1-3-15-4-2-13;/h6-7,12H,1-4H2;1H. The number of hydrogen-bond donors (Lipinski definition) is 1. The maximum Gasteiger partial charge on any atom is 0.256 e. The highest BCUT2D eigenvalue weighted by molar-refractivity contribution is 5.96. The number of nitrogens with one attached hydrogen (secondary N) is 1. The molecular weight excluding hydrogens is 194 g/mol. The van der Waals surface area contributed by atoms with Crippen LogP contribution in [-0.2, 0) is 4.74 Å². The summed E-state index contributed by atoms with van der Waals surface area (Å²) in [5.41, 5.74) is 0.839. The molecule has 1 aromatic heterocycles. The maximum absolute atomic E-state index is 11.9. The smallest absolute Gasteiger partial charge is 0.256 e. The van der Waals surface area contributed by atoms with Crippen molar-refractivity contribution >= 4 is 5.91 Å². The SMILES string of the molecule is N#Cc1c[nH]cc1C(=O)N1CCOCC1.[HH]. The van der Waals surface area contributed by atoms with Crippen LogP contribution in [0.5, 0.6) is 0 Å². The summed E-state index contributed by atoms with van der Waals surface area (Å²) in [7, 11) is 0. The van der Waals surface area contributed by atoms with E-state index in [1.54, 1.807) is 11.1 Å². The molecule has 1 aliphatic heterocycles. The van der Waals surface area contributed by atoms with Gasteiger partial charge in [0.1, 0.15) is 6.07 Å². The number of carbonyl (C=O) groups is 1. The van der Waals surface area contributed by atoms with Gasteiger partial charge >= 0.3 is 0 Å². The van der Waals surface area contributed by atoms with E-state index in [-0.39, 0.29) is 7.33 Å². The number of nitriles is 1. The lowest BCUT2D eigenvalue weighted by Gasteiger charge is -2.26. The van der Waals surface area contributed by atoms with Crippen molar-refractivity contribution < 1.29 is 11.0 Å². The van der Waals surface area contributed by atoms with Gasteiger partial charge in [0.15, 0.2) is 0 Å². The fraction of sp³-hybridized carbons (Fsp3) is 0.400. The molecule has 2 rings (SSSR count). The molecule has 1 saturated heterocycles. The third-order valence-electron chi connectivity index (χ3n) is 2.39. The maximum atomic E-state index is 11.9. The molecule has 0 aromatic carbocycles. The van der Waals surface area contributed by atoms with Crippen molar-refractivity contribution in [1.82, 2.24) is 9.88 Å². The van der Waals surface area contributed by atoms with Gasteiger partial charge in [-0.15, -0.1) is 0 Å². The molecule has 0 radical (unpaired) electrons. The van der Waals surface area contributed by atoms with E-state index >= 15 is 0 Å². The Morgan fingerprint density at radius 2 is 2.27 bits per heavy atom. The van der Waals surface area contributed by atoms with Gasteiger partial charge in [-0.05, 0) is 0 Å². The minimum Gasteiger partial charge on any atom is -0.378 e. The van der Waals surface area contributed by atoms with Crippen molar-refractivity contribution in [3.8, 4) is 6.07 Å². The van der Waals surface area contributed by atoms with Gasteiger partial charge in [0.25, 0.3) is 5.91 Å². The summed E-state index contributed by atoms with van der Waals surface area (Å²) in [4.78, 5) is 16.4. The van der Waals surface area contributed by atoms with Gasteiger partial charge in [-0.1, -0.05) is 0 Å². The molecule has 1 amide bonds. The molecule has 1 N–H and O–H groups in total. The second-order valence-electron chi connectivity index (χ2n) is 3.30. The Hall–Kier alpha value is -1.80. The van der Waals surface area contributed by atoms with Gasteiger partial charge in [0, 0.05) is 26.9 Å². The minimum atomic E-state index is -0.101. The lowest BCUT2D eigenvalue weighted by atomic mass is 10.2. The molecule has 0 unspecified atom stereocenters. The summed E-state index contributed by atoms with van der Waals surface area (Å²) >= 11 is 0. The van der Waals surface area contributed by atoms with Crippen LogP contribution in [0.25, 0.3) is 0 Å². The zero-order valence-electron chi connectivity index (χ0n) is 8.19. The first kappa shape index (κ1) is 9.74. The normalized spacial score (nSPS) is 16.1. The zero-order chi connectivity index (χ0) is 10.7. The van der Waals surface area contributed by atoms with Gasteiger partial charge in [-0.2, -0.15) is 5.26 Å². The molecule has 0 saturated carbocycles. The molecule has 0 aliphatic carbocycles. The van der Waals surface area contributed by atoms with Crippen molar-refractivity contribution in [3.05, 3.63) is 23.5 Å². The van der Waals surface area contributed by atoms with Crippen LogP contribution in [0.2, 0.25) is 0 Å². The first-order valence-electron chi connectivity index (χ1n) is 4.77. The van der Waals surface area contributed by atoms with Crippen molar-refractivity contribution in [1.29, 1.82) is 5.26 Å². The third-order valence-corrected chi connectivity index (χ3v) is 2.39. The van der Waals surface area contributed by atoms with Crippen LogP contribution >= 0.6 is 0 Å². The molecule has 80 valence electrons. The van der Waals surface area contributed by atoms with E-state index in [1.807, 2.05) is 6.07 Å². The second-order valence-corrected chi connectivity index (χ2v) is 3.30. The van der Waals surface area contributed by atoms with Gasteiger partial charge in [0.2, 0.25) is 0 Å². The van der Waals surface area contributed by atoms with Crippen LogP contribution in [0.4, 0.5) is 0 Å². The van der Waals surface area contributed by atoms with Crippen LogP contribution in [0.3, 0.4) is 0 Å². The highest BCUT2D eigenvalue weighted by Crippen LogP contribution is 2.11. The highest BCUT2D eigenvalue weighted by atomic mass is 16.5. The van der Waals surface area contributed by atoms with Gasteiger partial charge in [0.05, 0.1) is 24.3 Å². The molecule has 15 heavy (non-hydrogen) atoms. The summed E-state index contributed by atoms with van der Waals surface area (Å²) < 4.78 is 5.16. The Morgan fingerprint density at radius 3 is 2.93 bits per heavy atom. The van der Waals surface area contributed by atoms with E-state index in [1.165, 1.54) is 6.20 Å². The molecule has 0 atom stereocenters. The van der Waals surface area contributed by atoms with Crippen molar-refractivity contribution in [2.75, 3.05) is 26.3 Å². The van der Waals surface area contributed by atoms with Crippen LogP contribution in [0.15, 0.2) is 12.4 Å². The van der Waals surface area contributed by atoms with Crippen molar-refractivity contribution in [2.45, 2.75) is 0 Å². The van der Waals surface area contributed by atoms with E-state index in [0.717, 1.165) is 0 Å². The van der Waals surface area contributed by atoms with Crippen LogP contribution in [-0.4, -0.2) is 42.1 Å². The Bertz CT molecular complexity index is 404. The Balaban J connectivity index is 0.00000128. The van der Waals surface area contributed by atoms with Gasteiger partial charge in [-0.25, -0.2) is 0 Å². The zero-order valence-corrected chi connectivity index (χ0v) is 8.19. The highest BCUT2D eigenvalue weighted by Gasteiger charge is 2.21. The summed E-state index contributed by atoms with van der Waals surface area (Å²) in [5, 5.41) is 8.79. The Morgan fingerprint density at radius 1 is 1.53 bits per heavy atom. The van der Waals surface area contributed by atoms with Crippen LogP contribution < -0.4 is 0 Å². The Kier molecular flexibility index (Phi) is 2.70. The van der Waals surface area contributed by atoms with Gasteiger partial charge < -0.3 is 14.6 Å². The quantitative estimate of drug-likeness (QED) is 0.733. The second kappa shape index (κ2) is 4.15. The van der Waals surface area contributed by atoms with Crippen molar-refractivity contribution in [2.24, 2.45) is 0 Å². The predicted molar refractivity (Wildman–Crippen MR) is 54.3 cm³/mol. The number of carbonyl (C=O) groups excluding carboxylic acids is 1. The number of aromatic amines is 1. The fourth-order valence-electron chi connectivity index (χ4n) is 1.57. The topological polar surface area (TPSA) is 69.1 Å². The number of rotatable bonds is 1. The number of H-pyrrole nitrogens is 1. The summed E-state index contributed by atoms with van der Waals surface area (Å²) in [5.74, 6) is -0.101. The van der Waals surface area contributed by atoms with E-state index < -0.39 is 0 Å².